The van der Waals surface area contributed by atoms with E-state index in [9.17, 15) is 45.0 Å². The quantitative estimate of drug-likeness (QED) is 0.00897. The molecule has 0 spiro atoms. The van der Waals surface area contributed by atoms with Gasteiger partial charge in [0.2, 0.25) is 0 Å². The molecule has 3 aliphatic heterocycles. The highest BCUT2D eigenvalue weighted by atomic mass is 31.2. The normalized spacial score (nSPS) is 19.4. The molecule has 6 N–H and O–H groups in total. The lowest BCUT2D eigenvalue weighted by Crippen LogP contribution is -2.51. The van der Waals surface area contributed by atoms with Gasteiger partial charge in [0.1, 0.15) is 66.2 Å². The average Bonchev–Trinajstić information content (AvgIpc) is 1.51. The van der Waals surface area contributed by atoms with E-state index in [1.54, 1.807) is 76.7 Å². The van der Waals surface area contributed by atoms with Gasteiger partial charge < -0.3 is 91.4 Å². The fourth-order valence-corrected chi connectivity index (χ4v) is 17.4. The number of methoxy groups -OCH3 is 2. The Morgan fingerprint density at radius 2 is 1.25 bits per heavy atom. The molecule has 4 heterocycles. The second kappa shape index (κ2) is 42.2. The Bertz CT molecular complexity index is 4750. The summed E-state index contributed by atoms with van der Waals surface area (Å²) in [6, 6.07) is 59.3. The molecule has 30 nitrogen and oxygen atoms in total. The predicted molar refractivity (Wildman–Crippen MR) is 440 cm³/mol. The number of likely N-dealkylation sites (N-methyl/N-ethyl adjacent to an activating group) is 1. The summed E-state index contributed by atoms with van der Waals surface area (Å²) >= 11 is 0. The molecule has 12 rings (SSSR count). The third-order valence-corrected chi connectivity index (χ3v) is 23.9. The number of hydrogen-bond acceptors (Lipinski definition) is 25. The van der Waals surface area contributed by atoms with Crippen molar-refractivity contribution in [3.8, 4) is 40.5 Å². The lowest BCUT2D eigenvalue weighted by molar-refractivity contribution is -0.217. The maximum absolute atomic E-state index is 14.3. The zero-order valence-electron chi connectivity index (χ0n) is 67.4. The molecule has 2 fully saturated rings. The standard InChI is InChI=1S/C87H100N10O20P2/c1-56(2)97(57(3)4)118(110-45-16-41-88)116-73-49-79(115-76(73)55-112-119(111-46-17-42-89)117-74-50-80(96-52-58(5)81(99)93-84(96)102)114-75(74)54-109-87(62-18-10-9-11-19-62,63-30-36-65(105-7)37-31-63)64-32-38-66(106-8)39-33-64)95-43-40-77(92-83(95)101)91-82(100)61-28-24-60(25-29-61)51-90-78(98)48-59-26-34-67(35-27-59)113-86(104)107-47-44-94(6)85(103)108-53-72-70-22-14-12-20-68(70)69-21-13-15-23-71(69)72/h9-15,18-40,43,52,56-57,72-76,78-81,86,90,98-99,104H,16-17,44-51,53-55H2,1-8H3,(H,93,102)(H,91,92,100,101)/t73?,74?,75-,76-,78-,79-,80-,81-,86+,118?,119?/m1/s1. The van der Waals surface area contributed by atoms with Crippen LogP contribution in [0.5, 0.6) is 17.2 Å². The molecular formula is C87H100N10O20P2. The van der Waals surface area contributed by atoms with E-state index in [2.05, 4.69) is 62.0 Å². The Morgan fingerprint density at radius 1 is 0.681 bits per heavy atom. The molecule has 4 aliphatic rings. The summed E-state index contributed by atoms with van der Waals surface area (Å²) in [4.78, 5) is 61.7. The molecule has 0 saturated carbocycles. The molecule has 628 valence electrons. The van der Waals surface area contributed by atoms with Gasteiger partial charge in [-0.25, -0.2) is 19.1 Å². The van der Waals surface area contributed by atoms with Gasteiger partial charge in [0, 0.05) is 75.4 Å². The van der Waals surface area contributed by atoms with E-state index >= 15 is 0 Å². The van der Waals surface area contributed by atoms with E-state index in [1.165, 1.54) is 32.8 Å². The first-order chi connectivity index (χ1) is 57.6. The molecule has 8 aromatic rings. The number of rotatable bonds is 41. The molecule has 119 heavy (non-hydrogen) atoms. The highest BCUT2D eigenvalue weighted by Crippen LogP contribution is 2.53. The van der Waals surface area contributed by atoms with Crippen molar-refractivity contribution in [2.45, 2.75) is 153 Å². The molecule has 4 unspecified atom stereocenters. The van der Waals surface area contributed by atoms with Crippen molar-refractivity contribution in [3.63, 3.8) is 0 Å². The largest absolute Gasteiger partial charge is 0.497 e. The van der Waals surface area contributed by atoms with Crippen LogP contribution >= 0.6 is 17.1 Å². The van der Waals surface area contributed by atoms with Crippen molar-refractivity contribution in [1.29, 1.82) is 10.5 Å². The number of aromatic nitrogens is 2. The highest BCUT2D eigenvalue weighted by Gasteiger charge is 2.48. The van der Waals surface area contributed by atoms with Gasteiger partial charge >= 0.3 is 32.9 Å². The fourth-order valence-electron chi connectivity index (χ4n) is 14.5. The second-order valence-corrected chi connectivity index (χ2v) is 31.8. The summed E-state index contributed by atoms with van der Waals surface area (Å²) in [6.45, 7) is 8.08. The van der Waals surface area contributed by atoms with Crippen LogP contribution in [0.2, 0.25) is 0 Å². The van der Waals surface area contributed by atoms with Gasteiger partial charge in [-0.05, 0) is 145 Å². The topological polar surface area (TPSA) is 360 Å². The zero-order chi connectivity index (χ0) is 84.1. The third kappa shape index (κ3) is 22.5. The van der Waals surface area contributed by atoms with Crippen LogP contribution in [0.3, 0.4) is 0 Å². The third-order valence-electron chi connectivity index (χ3n) is 20.5. The minimum atomic E-state index is -2.44. The second-order valence-electron chi connectivity index (χ2n) is 29.2. The Morgan fingerprint density at radius 3 is 1.87 bits per heavy atom. The van der Waals surface area contributed by atoms with Gasteiger partial charge in [-0.3, -0.25) is 19.6 Å². The SMILES string of the molecule is COc1ccc(C(OC[C@H]2O[C@@H](N3C=C(C)[C@@H](O)NC3=O)CC2OP(OCCC#N)OC[C@H]2O[C@@H](n3ccc(NC(=O)c4ccc(CN[C@H](O)Cc5ccc(O[C@@H](O)OCCN(C)C(=O)OCC6c7ccccc7-c7ccccc76)cc5)cc4)nc3=O)CC2OP(OCCC#N)N(C(C)C)C(C)C)(c2ccccc2)c2ccc(OC)cc2)cc1. The number of nitrogens with zero attached hydrogens (tertiary/aromatic N) is 7. The Labute approximate surface area is 693 Å². The van der Waals surface area contributed by atoms with E-state index in [0.717, 1.165) is 50.1 Å². The smallest absolute Gasteiger partial charge is 0.409 e. The van der Waals surface area contributed by atoms with Crippen LogP contribution < -0.4 is 35.9 Å². The molecule has 0 bridgehead atoms. The van der Waals surface area contributed by atoms with Crippen molar-refractivity contribution in [2.75, 3.05) is 72.8 Å². The highest BCUT2D eigenvalue weighted by molar-refractivity contribution is 7.44. The van der Waals surface area contributed by atoms with Crippen LogP contribution in [0.4, 0.5) is 15.4 Å². The van der Waals surface area contributed by atoms with E-state index in [1.807, 2.05) is 131 Å². The van der Waals surface area contributed by atoms with Crippen molar-refractivity contribution >= 4 is 41.0 Å². The summed E-state index contributed by atoms with van der Waals surface area (Å²) in [5.41, 5.74) is 6.88. The molecule has 11 atom stereocenters. The molecule has 1 aliphatic carbocycles. The molecular weight excluding hydrogens is 1570 g/mol. The van der Waals surface area contributed by atoms with Crippen LogP contribution in [0, 0.1) is 22.7 Å². The number of hydrogen-bond donors (Lipinski definition) is 6. The van der Waals surface area contributed by atoms with Crippen LogP contribution in [-0.2, 0) is 64.9 Å². The first-order valence-corrected chi connectivity index (χ1v) is 41.5. The van der Waals surface area contributed by atoms with Gasteiger partial charge in [0.25, 0.3) is 14.4 Å². The summed E-state index contributed by atoms with van der Waals surface area (Å²) in [6.07, 6.45) is -5.11. The van der Waals surface area contributed by atoms with Crippen LogP contribution in [0.1, 0.15) is 122 Å². The number of amides is 4. The number of urea groups is 1. The van der Waals surface area contributed by atoms with E-state index in [0.29, 0.717) is 22.8 Å². The van der Waals surface area contributed by atoms with Crippen LogP contribution in [-0.4, -0.2) is 186 Å². The first-order valence-electron chi connectivity index (χ1n) is 39.3. The molecule has 2 saturated heterocycles. The number of aliphatic hydroxyl groups excluding tert-OH is 3. The van der Waals surface area contributed by atoms with E-state index in [4.69, 9.17) is 60.5 Å². The van der Waals surface area contributed by atoms with Crippen LogP contribution in [0.25, 0.3) is 11.1 Å². The number of benzene rings is 7. The number of nitriles is 2. The predicted octanol–water partition coefficient (Wildman–Crippen LogP) is 12.6. The first kappa shape index (κ1) is 88.1. The Balaban J connectivity index is 0.678. The zero-order valence-corrected chi connectivity index (χ0v) is 69.2. The van der Waals surface area contributed by atoms with E-state index < -0.39 is 102 Å². The van der Waals surface area contributed by atoms with Crippen molar-refractivity contribution in [1.82, 2.24) is 34.7 Å². The number of carbonyl (C=O) groups is 3. The number of aliphatic hydroxyl groups is 3. The van der Waals surface area contributed by atoms with Gasteiger partial charge in [0.15, 0.2) is 6.23 Å². The van der Waals surface area contributed by atoms with Gasteiger partial charge in [-0.2, -0.15) is 15.5 Å². The maximum atomic E-state index is 14.3. The number of fused-ring (bicyclic) bond motifs is 3. The van der Waals surface area contributed by atoms with E-state index in [-0.39, 0.29) is 114 Å². The number of nitrogens with one attached hydrogen (secondary N) is 3. The minimum absolute atomic E-state index is 0.0333. The lowest BCUT2D eigenvalue weighted by atomic mass is 9.80. The van der Waals surface area contributed by atoms with Crippen LogP contribution in [0.15, 0.2) is 205 Å². The number of ether oxygens (including phenoxy) is 8. The van der Waals surface area contributed by atoms with Crippen molar-refractivity contribution in [3.05, 3.63) is 255 Å². The summed E-state index contributed by atoms with van der Waals surface area (Å²) in [7, 11) is 0.424. The lowest BCUT2D eigenvalue weighted by Gasteiger charge is -2.37. The Kier molecular flexibility index (Phi) is 31.2. The summed E-state index contributed by atoms with van der Waals surface area (Å²) in [5, 5.41) is 60.0. The van der Waals surface area contributed by atoms with Gasteiger partial charge in [0.05, 0.1) is 84.4 Å². The van der Waals surface area contributed by atoms with Crippen molar-refractivity contribution < 1.29 is 90.2 Å². The Hall–Kier alpha value is -10.2. The summed E-state index contributed by atoms with van der Waals surface area (Å²) < 4.78 is 85.4. The monoisotopic (exact) mass is 1670 g/mol. The molecule has 4 amide bonds. The van der Waals surface area contributed by atoms with Gasteiger partial charge in [-0.1, -0.05) is 127 Å². The minimum Gasteiger partial charge on any atom is -0.497 e. The molecule has 7 aromatic carbocycles. The number of anilines is 1. The maximum Gasteiger partial charge on any atom is 0.409 e. The molecule has 1 aromatic heterocycles. The summed E-state index contributed by atoms with van der Waals surface area (Å²) in [5.74, 6) is 0.890. The fraction of sp³-hybridized carbons (Fsp3) is 0.391. The van der Waals surface area contributed by atoms with Crippen molar-refractivity contribution in [2.24, 2.45) is 0 Å². The molecule has 32 heteroatoms. The number of carbonyl (C=O) groups excluding carboxylic acids is 3. The average molecular weight is 1670 g/mol. The molecule has 0 radical (unpaired) electrons. The van der Waals surface area contributed by atoms with Gasteiger partial charge in [-0.15, -0.1) is 0 Å².